The molecule has 0 aliphatic heterocycles. The molecular formula is C24H21N3O4. The minimum atomic E-state index is -0.548. The Morgan fingerprint density at radius 2 is 1.68 bits per heavy atom. The molecule has 0 saturated carbocycles. The number of alkyl carbamates (subject to hydrolysis) is 1. The summed E-state index contributed by atoms with van der Waals surface area (Å²) < 4.78 is 5.46. The number of carbonyl (C=O) groups is 1. The smallest absolute Gasteiger partial charge is 0.407 e. The Morgan fingerprint density at radius 1 is 1.03 bits per heavy atom. The molecule has 0 fully saturated rings. The number of carbonyl (C=O) groups excluding carboxylic acids is 1. The molecule has 7 nitrogen and oxygen atoms in total. The van der Waals surface area contributed by atoms with Crippen LogP contribution >= 0.6 is 0 Å². The summed E-state index contributed by atoms with van der Waals surface area (Å²) in [6.45, 7) is 0.396. The van der Waals surface area contributed by atoms with Crippen LogP contribution in [0.15, 0.2) is 72.8 Å². The molecule has 0 spiro atoms. The van der Waals surface area contributed by atoms with Crippen molar-refractivity contribution >= 4 is 23.5 Å². The van der Waals surface area contributed by atoms with E-state index >= 15 is 0 Å². The zero-order valence-electron chi connectivity index (χ0n) is 16.7. The van der Waals surface area contributed by atoms with E-state index in [-0.39, 0.29) is 30.4 Å². The number of nitro groups is 1. The number of anilines is 1. The van der Waals surface area contributed by atoms with E-state index in [1.165, 1.54) is 17.2 Å². The van der Waals surface area contributed by atoms with Gasteiger partial charge in [-0.15, -0.1) is 0 Å². The van der Waals surface area contributed by atoms with Crippen LogP contribution in [-0.4, -0.2) is 24.2 Å². The van der Waals surface area contributed by atoms with Gasteiger partial charge >= 0.3 is 6.09 Å². The fourth-order valence-corrected chi connectivity index (χ4v) is 3.90. The lowest BCUT2D eigenvalue weighted by atomic mass is 9.98. The maximum Gasteiger partial charge on any atom is 0.407 e. The minimum Gasteiger partial charge on any atom is -0.449 e. The minimum absolute atomic E-state index is 0.0105. The van der Waals surface area contributed by atoms with Crippen LogP contribution in [0.2, 0.25) is 0 Å². The van der Waals surface area contributed by atoms with E-state index in [1.807, 2.05) is 24.3 Å². The van der Waals surface area contributed by atoms with Crippen molar-refractivity contribution in [2.24, 2.45) is 0 Å². The maximum atomic E-state index is 12.2. The van der Waals surface area contributed by atoms with Gasteiger partial charge in [-0.3, -0.25) is 10.1 Å². The SMILES string of the molecule is Nc1cccc(C=CCNC(=O)OCC2c3ccccc3-c3ccccc32)c1[N+](=O)[O-]. The van der Waals surface area contributed by atoms with E-state index in [0.29, 0.717) is 5.56 Å². The second kappa shape index (κ2) is 8.71. The van der Waals surface area contributed by atoms with Gasteiger partial charge in [-0.05, 0) is 34.4 Å². The number of para-hydroxylation sites is 1. The molecule has 3 aromatic carbocycles. The Kier molecular flexibility index (Phi) is 5.66. The van der Waals surface area contributed by atoms with Crippen LogP contribution in [0.1, 0.15) is 22.6 Å². The van der Waals surface area contributed by atoms with E-state index in [9.17, 15) is 14.9 Å². The van der Waals surface area contributed by atoms with E-state index in [2.05, 4.69) is 29.6 Å². The Balaban J connectivity index is 1.35. The predicted octanol–water partition coefficient (Wildman–Crippen LogP) is 4.73. The van der Waals surface area contributed by atoms with Crippen LogP contribution in [0.25, 0.3) is 17.2 Å². The van der Waals surface area contributed by atoms with E-state index in [0.717, 1.165) is 11.1 Å². The van der Waals surface area contributed by atoms with E-state index in [1.54, 1.807) is 24.3 Å². The van der Waals surface area contributed by atoms with Gasteiger partial charge in [0.2, 0.25) is 0 Å². The van der Waals surface area contributed by atoms with E-state index < -0.39 is 11.0 Å². The van der Waals surface area contributed by atoms with Gasteiger partial charge in [0.05, 0.1) is 10.5 Å². The number of nitro benzene ring substituents is 1. The second-order valence-corrected chi connectivity index (χ2v) is 7.15. The first-order chi connectivity index (χ1) is 15.1. The number of nitrogens with one attached hydrogen (secondary N) is 1. The number of hydrogen-bond donors (Lipinski definition) is 2. The Labute approximate surface area is 179 Å². The van der Waals surface area contributed by atoms with Crippen molar-refractivity contribution in [2.75, 3.05) is 18.9 Å². The summed E-state index contributed by atoms with van der Waals surface area (Å²) in [6, 6.07) is 21.0. The number of amides is 1. The monoisotopic (exact) mass is 415 g/mol. The molecular weight excluding hydrogens is 394 g/mol. The molecule has 0 saturated heterocycles. The van der Waals surface area contributed by atoms with Gasteiger partial charge in [-0.2, -0.15) is 0 Å². The first kappa shape index (κ1) is 20.2. The van der Waals surface area contributed by atoms with Crippen molar-refractivity contribution in [2.45, 2.75) is 5.92 Å². The second-order valence-electron chi connectivity index (χ2n) is 7.15. The number of nitrogens with two attached hydrogens (primary N) is 1. The van der Waals surface area contributed by atoms with Crippen LogP contribution in [0.3, 0.4) is 0 Å². The van der Waals surface area contributed by atoms with Crippen molar-refractivity contribution < 1.29 is 14.5 Å². The van der Waals surface area contributed by atoms with Crippen LogP contribution in [0.4, 0.5) is 16.2 Å². The first-order valence-corrected chi connectivity index (χ1v) is 9.84. The number of hydrogen-bond acceptors (Lipinski definition) is 5. The molecule has 0 aromatic heterocycles. The normalized spacial score (nSPS) is 12.4. The standard InChI is InChI=1S/C24H21N3O4/c25-22-13-5-7-16(23(22)27(29)30)8-6-14-26-24(28)31-15-21-19-11-3-1-9-17(19)18-10-2-4-12-20(18)21/h1-13,21H,14-15,25H2,(H,26,28). The average Bonchev–Trinajstić information content (AvgIpc) is 3.09. The fourth-order valence-electron chi connectivity index (χ4n) is 3.90. The van der Waals surface area contributed by atoms with Gasteiger partial charge in [0.15, 0.2) is 0 Å². The quantitative estimate of drug-likeness (QED) is 0.344. The molecule has 0 atom stereocenters. The molecule has 0 bridgehead atoms. The number of nitrogens with zero attached hydrogens (tertiary/aromatic N) is 1. The van der Waals surface area contributed by atoms with Crippen LogP contribution < -0.4 is 11.1 Å². The summed E-state index contributed by atoms with van der Waals surface area (Å²) in [5, 5.41) is 13.8. The topological polar surface area (TPSA) is 107 Å². The Bertz CT molecular complexity index is 1130. The fraction of sp³-hybridized carbons (Fsp3) is 0.125. The third-order valence-electron chi connectivity index (χ3n) is 5.29. The summed E-state index contributed by atoms with van der Waals surface area (Å²) in [6.07, 6.45) is 2.62. The highest BCUT2D eigenvalue weighted by Crippen LogP contribution is 2.44. The summed E-state index contributed by atoms with van der Waals surface area (Å²) in [7, 11) is 0. The van der Waals surface area contributed by atoms with Gasteiger partial charge in [0.25, 0.3) is 5.69 Å². The summed E-state index contributed by atoms with van der Waals surface area (Å²) in [5.74, 6) is -0.0105. The number of nitrogen functional groups attached to an aromatic ring is 1. The van der Waals surface area contributed by atoms with Crippen molar-refractivity contribution in [3.05, 3.63) is 99.6 Å². The molecule has 0 unspecified atom stereocenters. The molecule has 1 amide bonds. The first-order valence-electron chi connectivity index (χ1n) is 9.84. The lowest BCUT2D eigenvalue weighted by molar-refractivity contribution is -0.384. The summed E-state index contributed by atoms with van der Waals surface area (Å²) in [5.41, 5.74) is 10.6. The van der Waals surface area contributed by atoms with Gasteiger partial charge in [0.1, 0.15) is 12.3 Å². The number of rotatable bonds is 6. The third kappa shape index (κ3) is 4.11. The molecule has 7 heteroatoms. The maximum absolute atomic E-state index is 12.2. The predicted molar refractivity (Wildman–Crippen MR) is 120 cm³/mol. The van der Waals surface area contributed by atoms with Gasteiger partial charge < -0.3 is 15.8 Å². The van der Waals surface area contributed by atoms with Crippen molar-refractivity contribution in [3.8, 4) is 11.1 Å². The number of ether oxygens (including phenoxy) is 1. The zero-order valence-corrected chi connectivity index (χ0v) is 16.7. The van der Waals surface area contributed by atoms with Gasteiger partial charge in [-0.25, -0.2) is 4.79 Å². The van der Waals surface area contributed by atoms with Crippen molar-refractivity contribution in [1.82, 2.24) is 5.32 Å². The Morgan fingerprint density at radius 3 is 2.32 bits per heavy atom. The van der Waals surface area contributed by atoms with Crippen molar-refractivity contribution in [1.29, 1.82) is 0 Å². The van der Waals surface area contributed by atoms with Gasteiger partial charge in [0, 0.05) is 12.5 Å². The summed E-state index contributed by atoms with van der Waals surface area (Å²) in [4.78, 5) is 22.8. The highest BCUT2D eigenvalue weighted by Gasteiger charge is 2.28. The molecule has 156 valence electrons. The Hall–Kier alpha value is -4.13. The van der Waals surface area contributed by atoms with Crippen molar-refractivity contribution in [3.63, 3.8) is 0 Å². The van der Waals surface area contributed by atoms with Crippen LogP contribution in [0, 0.1) is 10.1 Å². The molecule has 4 rings (SSSR count). The average molecular weight is 415 g/mol. The molecule has 0 radical (unpaired) electrons. The molecule has 0 heterocycles. The van der Waals surface area contributed by atoms with Gasteiger partial charge in [-0.1, -0.05) is 66.7 Å². The molecule has 1 aliphatic rings. The highest BCUT2D eigenvalue weighted by molar-refractivity contribution is 5.79. The number of benzene rings is 3. The zero-order chi connectivity index (χ0) is 21.8. The highest BCUT2D eigenvalue weighted by atomic mass is 16.6. The van der Waals surface area contributed by atoms with Crippen LogP contribution in [-0.2, 0) is 4.74 Å². The van der Waals surface area contributed by atoms with E-state index in [4.69, 9.17) is 10.5 Å². The number of fused-ring (bicyclic) bond motifs is 3. The summed E-state index contributed by atoms with van der Waals surface area (Å²) >= 11 is 0. The molecule has 3 aromatic rings. The molecule has 3 N–H and O–H groups in total. The lowest BCUT2D eigenvalue weighted by Crippen LogP contribution is -2.26. The molecule has 1 aliphatic carbocycles. The largest absolute Gasteiger partial charge is 0.449 e. The molecule has 31 heavy (non-hydrogen) atoms. The third-order valence-corrected chi connectivity index (χ3v) is 5.29. The van der Waals surface area contributed by atoms with Crippen LogP contribution in [0.5, 0.6) is 0 Å². The lowest BCUT2D eigenvalue weighted by Gasteiger charge is -2.14.